The molecule has 2 saturated heterocycles. The number of hydrogen-bond donors (Lipinski definition) is 1. The lowest BCUT2D eigenvalue weighted by molar-refractivity contribution is -0.0111. The Morgan fingerprint density at radius 2 is 1.93 bits per heavy atom. The van der Waals surface area contributed by atoms with E-state index in [9.17, 15) is 0 Å². The minimum absolute atomic E-state index is 0.850. The molecule has 1 saturated carbocycles. The summed E-state index contributed by atoms with van der Waals surface area (Å²) >= 11 is 0. The Morgan fingerprint density at radius 1 is 1.07 bits per heavy atom. The van der Waals surface area contributed by atoms with Crippen molar-refractivity contribution < 1.29 is 4.74 Å². The molecule has 0 radical (unpaired) electrons. The van der Waals surface area contributed by atoms with Crippen LogP contribution in [0.25, 0.3) is 0 Å². The number of nitrogens with zero attached hydrogens (tertiary/aromatic N) is 1. The van der Waals surface area contributed by atoms with Gasteiger partial charge in [-0.05, 0) is 37.8 Å². The van der Waals surface area contributed by atoms with Gasteiger partial charge in [-0.15, -0.1) is 0 Å². The second-order valence-corrected chi connectivity index (χ2v) is 5.23. The third-order valence-electron chi connectivity index (χ3n) is 4.48. The number of fused-ring (bicyclic) bond motifs is 1. The van der Waals surface area contributed by atoms with Crippen LogP contribution in [0.4, 0.5) is 0 Å². The van der Waals surface area contributed by atoms with E-state index < -0.39 is 0 Å². The molecule has 1 N–H and O–H groups in total. The molecular formula is C12H22N2O. The van der Waals surface area contributed by atoms with E-state index in [1.54, 1.807) is 0 Å². The summed E-state index contributed by atoms with van der Waals surface area (Å²) in [4.78, 5) is 2.69. The lowest BCUT2D eigenvalue weighted by Crippen LogP contribution is -2.50. The van der Waals surface area contributed by atoms with Gasteiger partial charge in [0.2, 0.25) is 0 Å². The summed E-state index contributed by atoms with van der Waals surface area (Å²) in [7, 11) is 0. The quantitative estimate of drug-likeness (QED) is 0.690. The van der Waals surface area contributed by atoms with E-state index in [1.165, 1.54) is 32.4 Å². The fourth-order valence-electron chi connectivity index (χ4n) is 3.69. The monoisotopic (exact) mass is 210 g/mol. The van der Waals surface area contributed by atoms with Gasteiger partial charge in [-0.25, -0.2) is 0 Å². The van der Waals surface area contributed by atoms with Crippen molar-refractivity contribution in [3.63, 3.8) is 0 Å². The zero-order valence-electron chi connectivity index (χ0n) is 9.45. The third-order valence-corrected chi connectivity index (χ3v) is 4.48. The molecule has 2 aliphatic heterocycles. The summed E-state index contributed by atoms with van der Waals surface area (Å²) in [5.74, 6) is 1.89. The third kappa shape index (κ3) is 1.93. The largest absolute Gasteiger partial charge is 0.379 e. The SMILES string of the molecule is C1CC2CNCC2C(N2CCOCC2)C1. The van der Waals surface area contributed by atoms with Crippen LogP contribution < -0.4 is 5.32 Å². The van der Waals surface area contributed by atoms with Crippen LogP contribution in [0, 0.1) is 11.8 Å². The zero-order chi connectivity index (χ0) is 10.1. The maximum Gasteiger partial charge on any atom is 0.0594 e. The number of nitrogens with one attached hydrogen (secondary N) is 1. The van der Waals surface area contributed by atoms with E-state index in [4.69, 9.17) is 4.74 Å². The first-order valence-electron chi connectivity index (χ1n) is 6.47. The van der Waals surface area contributed by atoms with Gasteiger partial charge >= 0.3 is 0 Å². The molecule has 3 unspecified atom stereocenters. The number of ether oxygens (including phenoxy) is 1. The van der Waals surface area contributed by atoms with E-state index in [2.05, 4.69) is 10.2 Å². The molecule has 3 rings (SSSR count). The normalized spacial score (nSPS) is 42.8. The Balaban J connectivity index is 1.67. The maximum absolute atomic E-state index is 5.44. The van der Waals surface area contributed by atoms with Crippen LogP contribution in [-0.4, -0.2) is 50.3 Å². The van der Waals surface area contributed by atoms with Crippen molar-refractivity contribution in [1.82, 2.24) is 10.2 Å². The fraction of sp³-hybridized carbons (Fsp3) is 1.00. The average molecular weight is 210 g/mol. The first-order valence-corrected chi connectivity index (χ1v) is 6.47. The van der Waals surface area contributed by atoms with Crippen molar-refractivity contribution in [2.24, 2.45) is 11.8 Å². The minimum Gasteiger partial charge on any atom is -0.379 e. The molecule has 3 aliphatic rings. The van der Waals surface area contributed by atoms with Crippen LogP contribution in [-0.2, 0) is 4.74 Å². The smallest absolute Gasteiger partial charge is 0.0594 e. The standard InChI is InChI=1S/C12H22N2O/c1-2-10-8-13-9-11(10)12(3-1)14-4-6-15-7-5-14/h10-13H,1-9H2. The molecule has 0 bridgehead atoms. The highest BCUT2D eigenvalue weighted by atomic mass is 16.5. The second kappa shape index (κ2) is 4.40. The molecule has 0 aromatic rings. The zero-order valence-corrected chi connectivity index (χ0v) is 9.45. The molecule has 0 aromatic heterocycles. The van der Waals surface area contributed by atoms with E-state index in [-0.39, 0.29) is 0 Å². The van der Waals surface area contributed by atoms with Crippen molar-refractivity contribution in [2.45, 2.75) is 25.3 Å². The minimum atomic E-state index is 0.850. The highest BCUT2D eigenvalue weighted by molar-refractivity contribution is 4.94. The Morgan fingerprint density at radius 3 is 2.80 bits per heavy atom. The van der Waals surface area contributed by atoms with E-state index in [0.29, 0.717) is 0 Å². The summed E-state index contributed by atoms with van der Waals surface area (Å²) in [5, 5.41) is 3.58. The first kappa shape index (κ1) is 10.1. The summed E-state index contributed by atoms with van der Waals surface area (Å²) < 4.78 is 5.44. The lowest BCUT2D eigenvalue weighted by Gasteiger charge is -2.42. The summed E-state index contributed by atoms with van der Waals surface area (Å²) in [6, 6.07) is 0.850. The molecule has 3 fully saturated rings. The van der Waals surface area contributed by atoms with Crippen LogP contribution in [0.2, 0.25) is 0 Å². The van der Waals surface area contributed by atoms with Gasteiger partial charge in [0.05, 0.1) is 13.2 Å². The van der Waals surface area contributed by atoms with Gasteiger partial charge in [0, 0.05) is 19.1 Å². The maximum atomic E-state index is 5.44. The van der Waals surface area contributed by atoms with Gasteiger partial charge in [0.1, 0.15) is 0 Å². The molecule has 3 nitrogen and oxygen atoms in total. The predicted octanol–water partition coefficient (Wildman–Crippen LogP) is 0.707. The Hall–Kier alpha value is -0.120. The van der Waals surface area contributed by atoms with Crippen LogP contribution in [0.5, 0.6) is 0 Å². The van der Waals surface area contributed by atoms with Gasteiger partial charge < -0.3 is 10.1 Å². The molecule has 3 atom stereocenters. The van der Waals surface area contributed by atoms with Gasteiger partial charge in [-0.1, -0.05) is 6.42 Å². The molecular weight excluding hydrogens is 188 g/mol. The molecule has 86 valence electrons. The number of hydrogen-bond acceptors (Lipinski definition) is 3. The van der Waals surface area contributed by atoms with Crippen molar-refractivity contribution in [3.05, 3.63) is 0 Å². The van der Waals surface area contributed by atoms with Crippen LogP contribution in [0.1, 0.15) is 19.3 Å². The van der Waals surface area contributed by atoms with Gasteiger partial charge in [-0.2, -0.15) is 0 Å². The van der Waals surface area contributed by atoms with Crippen molar-refractivity contribution in [1.29, 1.82) is 0 Å². The highest BCUT2D eigenvalue weighted by Crippen LogP contribution is 2.35. The van der Waals surface area contributed by atoms with Crippen molar-refractivity contribution in [3.8, 4) is 0 Å². The molecule has 0 spiro atoms. The molecule has 0 amide bonds. The first-order chi connectivity index (χ1) is 7.45. The summed E-state index contributed by atoms with van der Waals surface area (Å²) in [6.45, 7) is 6.74. The molecule has 0 aromatic carbocycles. The summed E-state index contributed by atoms with van der Waals surface area (Å²) in [5.41, 5.74) is 0. The van der Waals surface area contributed by atoms with E-state index in [0.717, 1.165) is 44.2 Å². The lowest BCUT2D eigenvalue weighted by atomic mass is 9.77. The average Bonchev–Trinajstić information content (AvgIpc) is 2.78. The Kier molecular flexibility index (Phi) is 2.95. The number of morpholine rings is 1. The van der Waals surface area contributed by atoms with Crippen molar-refractivity contribution >= 4 is 0 Å². The van der Waals surface area contributed by atoms with Crippen LogP contribution >= 0.6 is 0 Å². The van der Waals surface area contributed by atoms with Gasteiger partial charge in [-0.3, -0.25) is 4.90 Å². The predicted molar refractivity (Wildman–Crippen MR) is 59.9 cm³/mol. The van der Waals surface area contributed by atoms with Crippen LogP contribution in [0.15, 0.2) is 0 Å². The summed E-state index contributed by atoms with van der Waals surface area (Å²) in [6.07, 6.45) is 4.31. The van der Waals surface area contributed by atoms with Crippen molar-refractivity contribution in [2.75, 3.05) is 39.4 Å². The van der Waals surface area contributed by atoms with Crippen LogP contribution in [0.3, 0.4) is 0 Å². The Bertz CT molecular complexity index is 216. The van der Waals surface area contributed by atoms with E-state index in [1.807, 2.05) is 0 Å². The van der Waals surface area contributed by atoms with E-state index >= 15 is 0 Å². The fourth-order valence-corrected chi connectivity index (χ4v) is 3.69. The molecule has 1 aliphatic carbocycles. The number of rotatable bonds is 1. The molecule has 3 heteroatoms. The van der Waals surface area contributed by atoms with Gasteiger partial charge in [0.25, 0.3) is 0 Å². The topological polar surface area (TPSA) is 24.5 Å². The highest BCUT2D eigenvalue weighted by Gasteiger charge is 2.39. The second-order valence-electron chi connectivity index (χ2n) is 5.23. The molecule has 2 heterocycles. The van der Waals surface area contributed by atoms with Gasteiger partial charge in [0.15, 0.2) is 0 Å². The Labute approximate surface area is 92.2 Å². The molecule has 15 heavy (non-hydrogen) atoms.